The minimum Gasteiger partial charge on any atom is -0.452 e. The van der Waals surface area contributed by atoms with Crippen molar-refractivity contribution in [3.63, 3.8) is 0 Å². The Morgan fingerprint density at radius 2 is 1.65 bits per heavy atom. The van der Waals surface area contributed by atoms with Crippen LogP contribution in [0.4, 0.5) is 5.69 Å². The van der Waals surface area contributed by atoms with Gasteiger partial charge in [-0.1, -0.05) is 30.3 Å². The van der Waals surface area contributed by atoms with E-state index >= 15 is 0 Å². The highest BCUT2D eigenvalue weighted by atomic mass is 16.5. The van der Waals surface area contributed by atoms with E-state index in [-0.39, 0.29) is 12.5 Å². The highest BCUT2D eigenvalue weighted by Crippen LogP contribution is 2.22. The van der Waals surface area contributed by atoms with Gasteiger partial charge in [0.1, 0.15) is 5.82 Å². The molecule has 0 bridgehead atoms. The largest absolute Gasteiger partial charge is 0.452 e. The zero-order valence-corrected chi connectivity index (χ0v) is 19.9. The minimum absolute atomic E-state index is 0.268. The third-order valence-corrected chi connectivity index (χ3v) is 5.70. The van der Waals surface area contributed by atoms with E-state index in [1.165, 1.54) is 0 Å². The van der Waals surface area contributed by atoms with Crippen LogP contribution in [-0.2, 0) is 16.1 Å². The van der Waals surface area contributed by atoms with Crippen molar-refractivity contribution < 1.29 is 14.3 Å². The van der Waals surface area contributed by atoms with Gasteiger partial charge >= 0.3 is 5.97 Å². The summed E-state index contributed by atoms with van der Waals surface area (Å²) in [7, 11) is 5.65. The summed E-state index contributed by atoms with van der Waals surface area (Å²) in [5.41, 5.74) is 5.05. The third kappa shape index (κ3) is 4.93. The Balaban J connectivity index is 1.39. The van der Waals surface area contributed by atoms with Gasteiger partial charge in [0.25, 0.3) is 5.91 Å². The first-order valence-corrected chi connectivity index (χ1v) is 11.1. The van der Waals surface area contributed by atoms with E-state index < -0.39 is 5.97 Å². The average molecular weight is 457 g/mol. The second kappa shape index (κ2) is 9.79. The first-order valence-electron chi connectivity index (χ1n) is 11.1. The molecule has 4 aromatic rings. The Morgan fingerprint density at radius 1 is 0.941 bits per heavy atom. The summed E-state index contributed by atoms with van der Waals surface area (Å²) in [5, 5.41) is 0. The molecule has 0 aliphatic heterocycles. The molecule has 174 valence electrons. The van der Waals surface area contributed by atoms with Gasteiger partial charge in [0.2, 0.25) is 0 Å². The molecule has 1 amide bonds. The van der Waals surface area contributed by atoms with Crippen LogP contribution in [-0.4, -0.2) is 54.1 Å². The van der Waals surface area contributed by atoms with Crippen LogP contribution in [0.1, 0.15) is 21.7 Å². The van der Waals surface area contributed by atoms with Crippen molar-refractivity contribution in [2.75, 3.05) is 32.6 Å². The van der Waals surface area contributed by atoms with Crippen LogP contribution in [0.2, 0.25) is 0 Å². The second-order valence-electron chi connectivity index (χ2n) is 8.42. The molecule has 3 aromatic carbocycles. The number of fused-ring (bicyclic) bond motifs is 1. The highest BCUT2D eigenvalue weighted by Gasteiger charge is 2.16. The maximum Gasteiger partial charge on any atom is 0.338 e. The molecule has 0 fully saturated rings. The van der Waals surface area contributed by atoms with Crippen molar-refractivity contribution in [3.8, 4) is 5.69 Å². The van der Waals surface area contributed by atoms with Gasteiger partial charge in [-0.2, -0.15) is 0 Å². The summed E-state index contributed by atoms with van der Waals surface area (Å²) in [5.74, 6) is 0.00310. The molecular formula is C27H28N4O3. The average Bonchev–Trinajstić information content (AvgIpc) is 3.17. The van der Waals surface area contributed by atoms with Gasteiger partial charge < -0.3 is 14.5 Å². The number of nitrogens with zero attached hydrogens (tertiary/aromatic N) is 4. The fourth-order valence-electron chi connectivity index (χ4n) is 3.81. The molecule has 34 heavy (non-hydrogen) atoms. The van der Waals surface area contributed by atoms with E-state index in [0.29, 0.717) is 17.6 Å². The molecule has 0 atom stereocenters. The monoisotopic (exact) mass is 456 g/mol. The SMILES string of the molecule is Cc1nc2cc(C(=O)OCC(=O)N(C)Cc3ccc(N(C)C)cc3)ccc2n1-c1ccccc1. The van der Waals surface area contributed by atoms with Crippen molar-refractivity contribution in [1.82, 2.24) is 14.5 Å². The summed E-state index contributed by atoms with van der Waals surface area (Å²) < 4.78 is 7.33. The number of carbonyl (C=O) groups is 2. The number of aromatic nitrogens is 2. The lowest BCUT2D eigenvalue weighted by molar-refractivity contribution is -0.133. The van der Waals surface area contributed by atoms with Crippen LogP contribution >= 0.6 is 0 Å². The normalized spacial score (nSPS) is 10.8. The van der Waals surface area contributed by atoms with Gasteiger partial charge in [-0.15, -0.1) is 0 Å². The second-order valence-corrected chi connectivity index (χ2v) is 8.42. The number of hydrogen-bond donors (Lipinski definition) is 0. The van der Waals surface area contributed by atoms with E-state index in [2.05, 4.69) is 4.98 Å². The van der Waals surface area contributed by atoms with Gasteiger partial charge in [-0.05, 0) is 55.0 Å². The Kier molecular flexibility index (Phi) is 6.63. The lowest BCUT2D eigenvalue weighted by Crippen LogP contribution is -2.30. The molecule has 0 spiro atoms. The Morgan fingerprint density at radius 3 is 2.32 bits per heavy atom. The van der Waals surface area contributed by atoms with Crippen molar-refractivity contribution in [2.45, 2.75) is 13.5 Å². The predicted molar refractivity (Wildman–Crippen MR) is 133 cm³/mol. The lowest BCUT2D eigenvalue weighted by atomic mass is 10.2. The van der Waals surface area contributed by atoms with Crippen molar-refractivity contribution in [2.24, 2.45) is 0 Å². The van der Waals surface area contributed by atoms with Gasteiger partial charge in [0, 0.05) is 39.1 Å². The maximum absolute atomic E-state index is 12.6. The molecule has 1 heterocycles. The molecule has 0 aliphatic rings. The number of imidazole rings is 1. The summed E-state index contributed by atoms with van der Waals surface area (Å²) >= 11 is 0. The maximum atomic E-state index is 12.6. The molecule has 0 saturated heterocycles. The molecule has 7 nitrogen and oxygen atoms in total. The number of anilines is 1. The number of rotatable bonds is 7. The first kappa shape index (κ1) is 23.0. The van der Waals surface area contributed by atoms with Crippen LogP contribution < -0.4 is 4.90 Å². The van der Waals surface area contributed by atoms with Crippen LogP contribution in [0.15, 0.2) is 72.8 Å². The molecule has 0 aliphatic carbocycles. The topological polar surface area (TPSA) is 67.7 Å². The van der Waals surface area contributed by atoms with Crippen LogP contribution in [0, 0.1) is 6.92 Å². The van der Waals surface area contributed by atoms with E-state index in [4.69, 9.17) is 4.74 Å². The summed E-state index contributed by atoms with van der Waals surface area (Å²) in [4.78, 5) is 33.3. The molecule has 7 heteroatoms. The molecule has 0 radical (unpaired) electrons. The van der Waals surface area contributed by atoms with E-state index in [0.717, 1.165) is 28.3 Å². The van der Waals surface area contributed by atoms with Crippen molar-refractivity contribution in [1.29, 1.82) is 0 Å². The Hall–Kier alpha value is -4.13. The molecule has 0 saturated carbocycles. The lowest BCUT2D eigenvalue weighted by Gasteiger charge is -2.18. The van der Waals surface area contributed by atoms with Crippen LogP contribution in [0.5, 0.6) is 0 Å². The molecule has 4 rings (SSSR count). The number of ether oxygens (including phenoxy) is 1. The first-order chi connectivity index (χ1) is 16.3. The standard InChI is InChI=1S/C27H28N4O3/c1-19-28-24-16-21(12-15-25(24)31(19)23-8-6-5-7-9-23)27(33)34-18-26(32)30(4)17-20-10-13-22(14-11-20)29(2)3/h5-16H,17-18H2,1-4H3. The minimum atomic E-state index is -0.550. The quantitative estimate of drug-likeness (QED) is 0.390. The van der Waals surface area contributed by atoms with E-state index in [9.17, 15) is 9.59 Å². The van der Waals surface area contributed by atoms with Crippen molar-refractivity contribution in [3.05, 3.63) is 89.7 Å². The number of benzene rings is 3. The molecule has 0 N–H and O–H groups in total. The summed E-state index contributed by atoms with van der Waals surface area (Å²) in [6.07, 6.45) is 0. The van der Waals surface area contributed by atoms with Gasteiger partial charge in [-0.25, -0.2) is 9.78 Å². The van der Waals surface area contributed by atoms with Crippen LogP contribution in [0.3, 0.4) is 0 Å². The van der Waals surface area contributed by atoms with E-state index in [1.54, 1.807) is 24.1 Å². The zero-order valence-electron chi connectivity index (χ0n) is 19.9. The number of aryl methyl sites for hydroxylation is 1. The number of likely N-dealkylation sites (N-methyl/N-ethyl adjacent to an activating group) is 1. The predicted octanol–water partition coefficient (Wildman–Crippen LogP) is 4.22. The van der Waals surface area contributed by atoms with Crippen molar-refractivity contribution >= 4 is 28.6 Å². The van der Waals surface area contributed by atoms with Gasteiger partial charge in [-0.3, -0.25) is 9.36 Å². The Labute approximate surface area is 199 Å². The summed E-state index contributed by atoms with van der Waals surface area (Å²) in [6.45, 7) is 2.04. The highest BCUT2D eigenvalue weighted by molar-refractivity contribution is 5.95. The number of carbonyl (C=O) groups excluding carboxylic acids is 2. The molecule has 1 aromatic heterocycles. The fraction of sp³-hybridized carbons (Fsp3) is 0.222. The zero-order chi connectivity index (χ0) is 24.2. The Bertz CT molecular complexity index is 1310. The molecular weight excluding hydrogens is 428 g/mol. The number of amides is 1. The number of esters is 1. The fourth-order valence-corrected chi connectivity index (χ4v) is 3.81. The van der Waals surface area contributed by atoms with Gasteiger partial charge in [0.15, 0.2) is 6.61 Å². The van der Waals surface area contributed by atoms with Crippen LogP contribution in [0.25, 0.3) is 16.7 Å². The number of para-hydroxylation sites is 1. The number of hydrogen-bond acceptors (Lipinski definition) is 5. The van der Waals surface area contributed by atoms with Gasteiger partial charge in [0.05, 0.1) is 16.6 Å². The third-order valence-electron chi connectivity index (χ3n) is 5.70. The van der Waals surface area contributed by atoms with E-state index in [1.807, 2.05) is 91.1 Å². The smallest absolute Gasteiger partial charge is 0.338 e. The molecule has 0 unspecified atom stereocenters. The summed E-state index contributed by atoms with van der Waals surface area (Å²) in [6, 6.07) is 23.2.